The third kappa shape index (κ3) is 3.15. The van der Waals surface area contributed by atoms with E-state index < -0.39 is 0 Å². The van der Waals surface area contributed by atoms with Gasteiger partial charge in [-0.25, -0.2) is 0 Å². The van der Waals surface area contributed by atoms with Crippen LogP contribution in [0.3, 0.4) is 0 Å². The molecule has 0 unspecified atom stereocenters. The Morgan fingerprint density at radius 3 is 2.63 bits per heavy atom. The minimum Gasteiger partial charge on any atom is -0.371 e. The van der Waals surface area contributed by atoms with Crippen LogP contribution in [0.4, 0.5) is 0 Å². The van der Waals surface area contributed by atoms with Gasteiger partial charge in [0.15, 0.2) is 0 Å². The van der Waals surface area contributed by atoms with Crippen LogP contribution in [-0.4, -0.2) is 30.6 Å². The standard InChI is InChI=1S/C16H26N2O/c1-12(2)14-8-7-13(15(17-14)11-18(4)5)16(3)9-6-10-19-16/h7-8,12H,6,9-11H2,1-5H3/t16-/m1/s1. The number of ether oxygens (including phenoxy) is 1. The molecule has 19 heavy (non-hydrogen) atoms. The summed E-state index contributed by atoms with van der Waals surface area (Å²) in [5, 5.41) is 0. The first-order valence-corrected chi connectivity index (χ1v) is 7.21. The highest BCUT2D eigenvalue weighted by molar-refractivity contribution is 5.30. The maximum atomic E-state index is 5.99. The molecule has 3 heteroatoms. The largest absolute Gasteiger partial charge is 0.371 e. The van der Waals surface area contributed by atoms with Crippen molar-refractivity contribution in [1.29, 1.82) is 0 Å². The molecular formula is C16H26N2O. The predicted octanol–water partition coefficient (Wildman–Crippen LogP) is 3.29. The molecular weight excluding hydrogens is 236 g/mol. The second kappa shape index (κ2) is 5.59. The van der Waals surface area contributed by atoms with Crippen molar-refractivity contribution in [3.8, 4) is 0 Å². The van der Waals surface area contributed by atoms with Crippen molar-refractivity contribution in [3.05, 3.63) is 29.1 Å². The van der Waals surface area contributed by atoms with Crippen molar-refractivity contribution in [2.75, 3.05) is 20.7 Å². The van der Waals surface area contributed by atoms with Gasteiger partial charge in [0.2, 0.25) is 0 Å². The summed E-state index contributed by atoms with van der Waals surface area (Å²) in [7, 11) is 4.18. The molecule has 1 atom stereocenters. The average Bonchev–Trinajstić information content (AvgIpc) is 2.76. The first-order valence-electron chi connectivity index (χ1n) is 7.21. The third-order valence-corrected chi connectivity index (χ3v) is 3.84. The molecule has 0 amide bonds. The molecule has 106 valence electrons. The van der Waals surface area contributed by atoms with Crippen molar-refractivity contribution in [1.82, 2.24) is 9.88 Å². The fraction of sp³-hybridized carbons (Fsp3) is 0.688. The fourth-order valence-electron chi connectivity index (χ4n) is 2.73. The van der Waals surface area contributed by atoms with Gasteiger partial charge in [-0.3, -0.25) is 4.98 Å². The topological polar surface area (TPSA) is 25.4 Å². The summed E-state index contributed by atoms with van der Waals surface area (Å²) in [6.45, 7) is 8.31. The monoisotopic (exact) mass is 262 g/mol. The van der Waals surface area contributed by atoms with Crippen LogP contribution < -0.4 is 0 Å². The van der Waals surface area contributed by atoms with Crippen LogP contribution in [0.15, 0.2) is 12.1 Å². The van der Waals surface area contributed by atoms with Crippen molar-refractivity contribution in [2.45, 2.75) is 51.7 Å². The lowest BCUT2D eigenvalue weighted by atomic mass is 9.90. The highest BCUT2D eigenvalue weighted by atomic mass is 16.5. The molecule has 0 aliphatic carbocycles. The van der Waals surface area contributed by atoms with Crippen molar-refractivity contribution in [2.24, 2.45) is 0 Å². The van der Waals surface area contributed by atoms with Gasteiger partial charge in [-0.2, -0.15) is 0 Å². The van der Waals surface area contributed by atoms with Gasteiger partial charge in [0, 0.05) is 24.4 Å². The summed E-state index contributed by atoms with van der Waals surface area (Å²) in [5.74, 6) is 0.465. The minimum atomic E-state index is -0.145. The number of rotatable bonds is 4. The van der Waals surface area contributed by atoms with Crippen LogP contribution in [0.5, 0.6) is 0 Å². The highest BCUT2D eigenvalue weighted by Crippen LogP contribution is 2.37. The Morgan fingerprint density at radius 2 is 2.11 bits per heavy atom. The molecule has 0 aromatic carbocycles. The molecule has 1 aromatic rings. The second-order valence-corrected chi connectivity index (χ2v) is 6.31. The van der Waals surface area contributed by atoms with Crippen molar-refractivity contribution in [3.63, 3.8) is 0 Å². The smallest absolute Gasteiger partial charge is 0.0922 e. The van der Waals surface area contributed by atoms with Crippen molar-refractivity contribution < 1.29 is 4.74 Å². The van der Waals surface area contributed by atoms with E-state index in [9.17, 15) is 0 Å². The Hall–Kier alpha value is -0.930. The molecule has 2 rings (SSSR count). The van der Waals surface area contributed by atoms with E-state index in [1.165, 1.54) is 17.0 Å². The van der Waals surface area contributed by atoms with Gasteiger partial charge in [0.1, 0.15) is 0 Å². The molecule has 1 aliphatic heterocycles. The summed E-state index contributed by atoms with van der Waals surface area (Å²) in [4.78, 5) is 7.06. The molecule has 0 bridgehead atoms. The zero-order valence-electron chi connectivity index (χ0n) is 12.9. The van der Waals surface area contributed by atoms with Crippen molar-refractivity contribution >= 4 is 0 Å². The second-order valence-electron chi connectivity index (χ2n) is 6.31. The zero-order chi connectivity index (χ0) is 14.0. The van der Waals surface area contributed by atoms with Crippen LogP contribution >= 0.6 is 0 Å². The molecule has 0 spiro atoms. The Balaban J connectivity index is 2.41. The van der Waals surface area contributed by atoms with Gasteiger partial charge in [0.05, 0.1) is 11.3 Å². The maximum Gasteiger partial charge on any atom is 0.0922 e. The van der Waals surface area contributed by atoms with Gasteiger partial charge >= 0.3 is 0 Å². The molecule has 0 saturated carbocycles. The molecule has 1 saturated heterocycles. The molecule has 1 fully saturated rings. The summed E-state index contributed by atoms with van der Waals surface area (Å²) >= 11 is 0. The highest BCUT2D eigenvalue weighted by Gasteiger charge is 2.34. The molecule has 0 N–H and O–H groups in total. The summed E-state index contributed by atoms with van der Waals surface area (Å²) in [6.07, 6.45) is 2.24. The Morgan fingerprint density at radius 1 is 1.37 bits per heavy atom. The van der Waals surface area contributed by atoms with E-state index in [0.29, 0.717) is 5.92 Å². The number of hydrogen-bond acceptors (Lipinski definition) is 3. The molecule has 1 aliphatic rings. The Labute approximate surface area is 117 Å². The lowest BCUT2D eigenvalue weighted by Crippen LogP contribution is -2.25. The molecule has 3 nitrogen and oxygen atoms in total. The van der Waals surface area contributed by atoms with Gasteiger partial charge < -0.3 is 9.64 Å². The van der Waals surface area contributed by atoms with E-state index in [1.54, 1.807) is 0 Å². The number of aromatic nitrogens is 1. The van der Waals surface area contributed by atoms with E-state index in [2.05, 4.69) is 51.9 Å². The minimum absolute atomic E-state index is 0.145. The normalized spacial score (nSPS) is 23.5. The first-order chi connectivity index (χ1) is 8.92. The van der Waals surface area contributed by atoms with Crippen LogP contribution in [0.1, 0.15) is 56.5 Å². The van der Waals surface area contributed by atoms with Crippen LogP contribution in [0, 0.1) is 0 Å². The lowest BCUT2D eigenvalue weighted by molar-refractivity contribution is 0.0153. The SMILES string of the molecule is CC(C)c1ccc([C@@]2(C)CCCO2)c(CN(C)C)n1. The average molecular weight is 262 g/mol. The summed E-state index contributed by atoms with van der Waals surface area (Å²) < 4.78 is 5.99. The molecule has 0 radical (unpaired) electrons. The quantitative estimate of drug-likeness (QED) is 0.832. The first kappa shape index (κ1) is 14.5. The lowest BCUT2D eigenvalue weighted by Gasteiger charge is -2.27. The third-order valence-electron chi connectivity index (χ3n) is 3.84. The number of nitrogens with zero attached hydrogens (tertiary/aromatic N) is 2. The van der Waals surface area contributed by atoms with Gasteiger partial charge in [-0.1, -0.05) is 19.9 Å². The Kier molecular flexibility index (Phi) is 4.26. The van der Waals surface area contributed by atoms with Crippen LogP contribution in [0.25, 0.3) is 0 Å². The van der Waals surface area contributed by atoms with Gasteiger partial charge in [-0.05, 0) is 45.8 Å². The zero-order valence-corrected chi connectivity index (χ0v) is 12.9. The predicted molar refractivity (Wildman–Crippen MR) is 78.3 cm³/mol. The Bertz CT molecular complexity index is 434. The fourth-order valence-corrected chi connectivity index (χ4v) is 2.73. The summed E-state index contributed by atoms with van der Waals surface area (Å²) in [5.41, 5.74) is 3.46. The van der Waals surface area contributed by atoms with Gasteiger partial charge in [0.25, 0.3) is 0 Å². The summed E-state index contributed by atoms with van der Waals surface area (Å²) in [6, 6.07) is 4.39. The number of pyridine rings is 1. The van der Waals surface area contributed by atoms with E-state index in [1.807, 2.05) is 0 Å². The number of hydrogen-bond donors (Lipinski definition) is 0. The van der Waals surface area contributed by atoms with E-state index in [4.69, 9.17) is 9.72 Å². The van der Waals surface area contributed by atoms with Crippen LogP contribution in [-0.2, 0) is 16.9 Å². The maximum absolute atomic E-state index is 5.99. The van der Waals surface area contributed by atoms with Gasteiger partial charge in [-0.15, -0.1) is 0 Å². The van der Waals surface area contributed by atoms with E-state index in [0.717, 1.165) is 26.0 Å². The molecule has 1 aromatic heterocycles. The van der Waals surface area contributed by atoms with E-state index >= 15 is 0 Å². The molecule has 2 heterocycles. The van der Waals surface area contributed by atoms with E-state index in [-0.39, 0.29) is 5.60 Å². The van der Waals surface area contributed by atoms with Crippen LogP contribution in [0.2, 0.25) is 0 Å².